The van der Waals surface area contributed by atoms with E-state index >= 15 is 0 Å². The number of pyridine rings is 1. The third-order valence-electron chi connectivity index (χ3n) is 5.18. The molecule has 1 amide bonds. The van der Waals surface area contributed by atoms with Crippen LogP contribution >= 0.6 is 0 Å². The summed E-state index contributed by atoms with van der Waals surface area (Å²) in [5.74, 6) is -0.0976. The number of amides is 1. The van der Waals surface area contributed by atoms with Gasteiger partial charge in [0, 0.05) is 6.54 Å². The number of rotatable bonds is 1. The van der Waals surface area contributed by atoms with E-state index < -0.39 is 5.60 Å². The van der Waals surface area contributed by atoms with Gasteiger partial charge in [-0.3, -0.25) is 4.79 Å². The predicted octanol–water partition coefficient (Wildman–Crippen LogP) is 2.92. The standard InChI is InChI=1S/C20H19N3O2/c1-14-15(11-21)7-8-18(22-14)19(24)23-10-4-9-20(13-23)17-6-3-2-5-16(17)12-25-20/h2-3,5-8H,4,9-10,12-13H2,1H3. The number of aryl methyl sites for hydroxylation is 1. The number of likely N-dealkylation sites (tertiary alicyclic amines) is 1. The summed E-state index contributed by atoms with van der Waals surface area (Å²) in [5, 5.41) is 9.03. The fraction of sp³-hybridized carbons (Fsp3) is 0.350. The highest BCUT2D eigenvalue weighted by Gasteiger charge is 2.44. The van der Waals surface area contributed by atoms with Gasteiger partial charge in [0.25, 0.3) is 5.91 Å². The van der Waals surface area contributed by atoms with Crippen LogP contribution in [0, 0.1) is 18.3 Å². The molecule has 2 aliphatic heterocycles. The van der Waals surface area contributed by atoms with Crippen LogP contribution in [0.1, 0.15) is 45.7 Å². The minimum Gasteiger partial charge on any atom is -0.364 e. The minimum atomic E-state index is -0.397. The third-order valence-corrected chi connectivity index (χ3v) is 5.18. The van der Waals surface area contributed by atoms with Gasteiger partial charge in [-0.1, -0.05) is 24.3 Å². The Hall–Kier alpha value is -2.71. The number of hydrogen-bond acceptors (Lipinski definition) is 4. The molecule has 0 saturated carbocycles. The van der Waals surface area contributed by atoms with Gasteiger partial charge in [-0.2, -0.15) is 5.26 Å². The maximum Gasteiger partial charge on any atom is 0.272 e. The van der Waals surface area contributed by atoms with Crippen LogP contribution in [0.5, 0.6) is 0 Å². The van der Waals surface area contributed by atoms with E-state index in [-0.39, 0.29) is 5.91 Å². The van der Waals surface area contributed by atoms with Gasteiger partial charge in [0.05, 0.1) is 24.4 Å². The first-order valence-electron chi connectivity index (χ1n) is 8.52. The molecule has 1 unspecified atom stereocenters. The molecule has 25 heavy (non-hydrogen) atoms. The lowest BCUT2D eigenvalue weighted by atomic mass is 9.85. The fourth-order valence-electron chi connectivity index (χ4n) is 3.88. The normalized spacial score (nSPS) is 21.8. The number of fused-ring (bicyclic) bond motifs is 2. The Morgan fingerprint density at radius 3 is 2.96 bits per heavy atom. The van der Waals surface area contributed by atoms with Crippen molar-refractivity contribution in [1.29, 1.82) is 5.26 Å². The zero-order valence-corrected chi connectivity index (χ0v) is 14.2. The summed E-state index contributed by atoms with van der Waals surface area (Å²) in [4.78, 5) is 19.1. The summed E-state index contributed by atoms with van der Waals surface area (Å²) in [6.45, 7) is 3.60. The lowest BCUT2D eigenvalue weighted by Gasteiger charge is -2.40. The largest absolute Gasteiger partial charge is 0.364 e. The Bertz CT molecular complexity index is 883. The van der Waals surface area contributed by atoms with Crippen LogP contribution in [-0.2, 0) is 16.9 Å². The summed E-state index contributed by atoms with van der Waals surface area (Å²) in [6.07, 6.45) is 1.82. The van der Waals surface area contributed by atoms with Crippen LogP contribution in [0.15, 0.2) is 36.4 Å². The number of benzene rings is 1. The second kappa shape index (κ2) is 5.98. The maximum atomic E-state index is 12.9. The van der Waals surface area contributed by atoms with Gasteiger partial charge in [-0.25, -0.2) is 4.98 Å². The van der Waals surface area contributed by atoms with Crippen LogP contribution in [0.25, 0.3) is 0 Å². The highest BCUT2D eigenvalue weighted by atomic mass is 16.5. The van der Waals surface area contributed by atoms with Crippen molar-refractivity contribution in [3.8, 4) is 6.07 Å². The second-order valence-corrected chi connectivity index (χ2v) is 6.71. The molecule has 1 aromatic heterocycles. The van der Waals surface area contributed by atoms with E-state index in [0.717, 1.165) is 12.8 Å². The molecule has 1 fully saturated rings. The Kier molecular flexibility index (Phi) is 3.78. The fourth-order valence-corrected chi connectivity index (χ4v) is 3.88. The first-order chi connectivity index (χ1) is 12.1. The summed E-state index contributed by atoms with van der Waals surface area (Å²) in [6, 6.07) is 13.6. The predicted molar refractivity (Wildman–Crippen MR) is 91.7 cm³/mol. The van der Waals surface area contributed by atoms with Crippen LogP contribution in [0.4, 0.5) is 0 Å². The van der Waals surface area contributed by atoms with Crippen molar-refractivity contribution in [3.63, 3.8) is 0 Å². The van der Waals surface area contributed by atoms with Gasteiger partial charge in [-0.15, -0.1) is 0 Å². The first kappa shape index (κ1) is 15.8. The first-order valence-corrected chi connectivity index (χ1v) is 8.52. The van der Waals surface area contributed by atoms with Crippen molar-refractivity contribution in [2.75, 3.05) is 13.1 Å². The SMILES string of the molecule is Cc1nc(C(=O)N2CCCC3(C2)OCc2ccccc23)ccc1C#N. The van der Waals surface area contributed by atoms with E-state index in [4.69, 9.17) is 10.00 Å². The molecule has 0 aliphatic carbocycles. The summed E-state index contributed by atoms with van der Waals surface area (Å²) >= 11 is 0. The summed E-state index contributed by atoms with van der Waals surface area (Å²) in [5.41, 5.74) is 3.49. The summed E-state index contributed by atoms with van der Waals surface area (Å²) in [7, 11) is 0. The second-order valence-electron chi connectivity index (χ2n) is 6.71. The highest BCUT2D eigenvalue weighted by Crippen LogP contribution is 2.42. The van der Waals surface area contributed by atoms with Gasteiger partial charge in [-0.05, 0) is 43.0 Å². The number of hydrogen-bond donors (Lipinski definition) is 0. The molecule has 0 radical (unpaired) electrons. The van der Waals surface area contributed by atoms with E-state index in [9.17, 15) is 4.79 Å². The molecule has 2 aliphatic rings. The molecule has 1 aromatic carbocycles. The molecule has 1 saturated heterocycles. The molecular formula is C20H19N3O2. The Morgan fingerprint density at radius 2 is 2.16 bits per heavy atom. The number of carbonyl (C=O) groups is 1. The van der Waals surface area contributed by atoms with Crippen LogP contribution in [-0.4, -0.2) is 28.9 Å². The number of aromatic nitrogens is 1. The van der Waals surface area contributed by atoms with E-state index in [1.807, 2.05) is 17.0 Å². The van der Waals surface area contributed by atoms with Gasteiger partial charge in [0.2, 0.25) is 0 Å². The Balaban J connectivity index is 1.61. The number of carbonyl (C=O) groups excluding carboxylic acids is 1. The lowest BCUT2D eigenvalue weighted by Crippen LogP contribution is -2.48. The Morgan fingerprint density at radius 1 is 1.32 bits per heavy atom. The van der Waals surface area contributed by atoms with Crippen molar-refractivity contribution in [2.24, 2.45) is 0 Å². The van der Waals surface area contributed by atoms with Crippen LogP contribution in [0.2, 0.25) is 0 Å². The van der Waals surface area contributed by atoms with Crippen LogP contribution in [0.3, 0.4) is 0 Å². The van der Waals surface area contributed by atoms with Crippen LogP contribution < -0.4 is 0 Å². The molecule has 0 bridgehead atoms. The van der Waals surface area contributed by atoms with Gasteiger partial charge in [0.1, 0.15) is 17.4 Å². The van der Waals surface area contributed by atoms with E-state index in [1.54, 1.807) is 19.1 Å². The molecule has 5 nitrogen and oxygen atoms in total. The molecule has 3 heterocycles. The quantitative estimate of drug-likeness (QED) is 0.805. The zero-order chi connectivity index (χ0) is 17.4. The minimum absolute atomic E-state index is 0.0976. The van der Waals surface area contributed by atoms with E-state index in [2.05, 4.69) is 23.2 Å². The smallest absolute Gasteiger partial charge is 0.272 e. The van der Waals surface area contributed by atoms with Gasteiger partial charge in [0.15, 0.2) is 0 Å². The number of piperidine rings is 1. The van der Waals surface area contributed by atoms with Gasteiger partial charge < -0.3 is 9.64 Å². The molecule has 0 N–H and O–H groups in total. The lowest BCUT2D eigenvalue weighted by molar-refractivity contribution is -0.0786. The average molecular weight is 333 g/mol. The van der Waals surface area contributed by atoms with Crippen molar-refractivity contribution in [2.45, 2.75) is 32.0 Å². The van der Waals surface area contributed by atoms with Crippen molar-refractivity contribution in [1.82, 2.24) is 9.88 Å². The topological polar surface area (TPSA) is 66.2 Å². The molecular weight excluding hydrogens is 314 g/mol. The van der Waals surface area contributed by atoms with Crippen molar-refractivity contribution in [3.05, 3.63) is 64.5 Å². The van der Waals surface area contributed by atoms with Crippen molar-refractivity contribution >= 4 is 5.91 Å². The van der Waals surface area contributed by atoms with E-state index in [0.29, 0.717) is 36.6 Å². The van der Waals surface area contributed by atoms with E-state index in [1.165, 1.54) is 11.1 Å². The maximum absolute atomic E-state index is 12.9. The average Bonchev–Trinajstić information content (AvgIpc) is 2.99. The molecule has 126 valence electrons. The number of nitrogens with zero attached hydrogens (tertiary/aromatic N) is 3. The van der Waals surface area contributed by atoms with Gasteiger partial charge >= 0.3 is 0 Å². The highest BCUT2D eigenvalue weighted by molar-refractivity contribution is 5.92. The molecule has 2 aromatic rings. The molecule has 1 atom stereocenters. The molecule has 4 rings (SSSR count). The zero-order valence-electron chi connectivity index (χ0n) is 14.2. The molecule has 1 spiro atoms. The summed E-state index contributed by atoms with van der Waals surface area (Å²) < 4.78 is 6.17. The number of ether oxygens (including phenoxy) is 1. The molecule has 5 heteroatoms. The van der Waals surface area contributed by atoms with Crippen molar-refractivity contribution < 1.29 is 9.53 Å². The third kappa shape index (κ3) is 2.59. The monoisotopic (exact) mass is 333 g/mol. The number of nitriles is 1. The Labute approximate surface area is 146 Å².